The third-order valence-corrected chi connectivity index (χ3v) is 6.74. The van der Waals surface area contributed by atoms with E-state index < -0.39 is 16.1 Å². The number of sulfonamides is 1. The number of hydrogen-bond acceptors (Lipinski definition) is 3. The molecule has 2 aromatic rings. The molecule has 7 heteroatoms. The summed E-state index contributed by atoms with van der Waals surface area (Å²) in [6.45, 7) is 2.23. The molecule has 1 unspecified atom stereocenters. The molecule has 1 aliphatic rings. The Hall–Kier alpha value is -1.89. The second kappa shape index (κ2) is 7.78. The first-order valence-electron chi connectivity index (χ1n) is 8.53. The number of nitrogens with one attached hydrogen (secondary N) is 1. The summed E-state index contributed by atoms with van der Waals surface area (Å²) in [5, 5.41) is 3.23. The van der Waals surface area contributed by atoms with Crippen LogP contribution in [0, 0.1) is 6.92 Å². The van der Waals surface area contributed by atoms with Crippen LogP contribution in [0.15, 0.2) is 53.4 Å². The Morgan fingerprint density at radius 2 is 1.88 bits per heavy atom. The highest BCUT2D eigenvalue weighted by molar-refractivity contribution is 7.89. The van der Waals surface area contributed by atoms with E-state index in [9.17, 15) is 13.2 Å². The van der Waals surface area contributed by atoms with Gasteiger partial charge in [-0.25, -0.2) is 8.42 Å². The first kappa shape index (κ1) is 18.9. The topological polar surface area (TPSA) is 66.5 Å². The molecule has 138 valence electrons. The average molecular weight is 393 g/mol. The number of carbonyl (C=O) groups excluding carboxylic acids is 1. The lowest BCUT2D eigenvalue weighted by Crippen LogP contribution is -2.49. The zero-order valence-electron chi connectivity index (χ0n) is 14.5. The molecule has 1 fully saturated rings. The Labute approximate surface area is 159 Å². The van der Waals surface area contributed by atoms with Gasteiger partial charge in [0.05, 0.1) is 15.6 Å². The Morgan fingerprint density at radius 3 is 2.62 bits per heavy atom. The van der Waals surface area contributed by atoms with Crippen molar-refractivity contribution in [2.45, 2.75) is 37.1 Å². The number of carbonyl (C=O) groups is 1. The van der Waals surface area contributed by atoms with E-state index in [0.29, 0.717) is 23.7 Å². The number of nitrogens with zero attached hydrogens (tertiary/aromatic N) is 1. The van der Waals surface area contributed by atoms with Gasteiger partial charge in [0.15, 0.2) is 0 Å². The highest BCUT2D eigenvalue weighted by Crippen LogP contribution is 2.28. The SMILES string of the molecule is Cc1ccc(Cl)c(NC(=O)C2CCCCN2S(=O)(=O)c2ccccc2)c1. The molecular weight excluding hydrogens is 372 g/mol. The fourth-order valence-electron chi connectivity index (χ4n) is 3.13. The molecule has 0 bridgehead atoms. The predicted molar refractivity (Wildman–Crippen MR) is 103 cm³/mol. The third-order valence-electron chi connectivity index (χ3n) is 4.49. The molecule has 0 saturated carbocycles. The van der Waals surface area contributed by atoms with E-state index >= 15 is 0 Å². The number of aryl methyl sites for hydroxylation is 1. The summed E-state index contributed by atoms with van der Waals surface area (Å²) in [5.41, 5.74) is 1.46. The lowest BCUT2D eigenvalue weighted by atomic mass is 10.0. The van der Waals surface area contributed by atoms with Crippen molar-refractivity contribution < 1.29 is 13.2 Å². The fraction of sp³-hybridized carbons (Fsp3) is 0.316. The fourth-order valence-corrected chi connectivity index (χ4v) is 4.98. The standard InChI is InChI=1S/C19H21ClN2O3S/c1-14-10-11-16(20)17(13-14)21-19(23)18-9-5-6-12-22(18)26(24,25)15-7-3-2-4-8-15/h2-4,7-8,10-11,13,18H,5-6,9,12H2,1H3,(H,21,23). The maximum absolute atomic E-state index is 13.0. The lowest BCUT2D eigenvalue weighted by Gasteiger charge is -2.33. The molecule has 1 aliphatic heterocycles. The van der Waals surface area contributed by atoms with Crippen LogP contribution >= 0.6 is 11.6 Å². The van der Waals surface area contributed by atoms with Crippen LogP contribution in [0.3, 0.4) is 0 Å². The zero-order chi connectivity index (χ0) is 18.7. The smallest absolute Gasteiger partial charge is 0.243 e. The average Bonchev–Trinajstić information content (AvgIpc) is 2.65. The molecule has 1 saturated heterocycles. The lowest BCUT2D eigenvalue weighted by molar-refractivity contribution is -0.120. The first-order valence-corrected chi connectivity index (χ1v) is 10.4. The largest absolute Gasteiger partial charge is 0.323 e. The van der Waals surface area contributed by atoms with E-state index in [1.165, 1.54) is 4.31 Å². The minimum Gasteiger partial charge on any atom is -0.323 e. The quantitative estimate of drug-likeness (QED) is 0.859. The monoisotopic (exact) mass is 392 g/mol. The molecule has 1 N–H and O–H groups in total. The Bertz CT molecular complexity index is 900. The molecular formula is C19H21ClN2O3S. The minimum atomic E-state index is -3.73. The molecule has 0 aliphatic carbocycles. The molecule has 26 heavy (non-hydrogen) atoms. The van der Waals surface area contributed by atoms with E-state index in [1.807, 2.05) is 13.0 Å². The van der Waals surface area contributed by atoms with Crippen LogP contribution in [-0.2, 0) is 14.8 Å². The van der Waals surface area contributed by atoms with Crippen molar-refractivity contribution in [3.63, 3.8) is 0 Å². The third kappa shape index (κ3) is 3.92. The number of amides is 1. The molecule has 0 spiro atoms. The van der Waals surface area contributed by atoms with E-state index in [2.05, 4.69) is 5.32 Å². The van der Waals surface area contributed by atoms with Crippen molar-refractivity contribution in [2.24, 2.45) is 0 Å². The van der Waals surface area contributed by atoms with Gasteiger partial charge in [0.1, 0.15) is 6.04 Å². The summed E-state index contributed by atoms with van der Waals surface area (Å²) in [7, 11) is -3.73. The van der Waals surface area contributed by atoms with Gasteiger partial charge in [0, 0.05) is 6.54 Å². The molecule has 0 aromatic heterocycles. The zero-order valence-corrected chi connectivity index (χ0v) is 16.1. The number of rotatable bonds is 4. The summed E-state index contributed by atoms with van der Waals surface area (Å²) in [6, 6.07) is 12.8. The number of hydrogen-bond donors (Lipinski definition) is 1. The molecule has 1 amide bonds. The number of piperidine rings is 1. The number of halogens is 1. The molecule has 1 atom stereocenters. The van der Waals surface area contributed by atoms with Gasteiger partial charge in [0.25, 0.3) is 0 Å². The van der Waals surface area contributed by atoms with Gasteiger partial charge in [0.2, 0.25) is 15.9 Å². The Morgan fingerprint density at radius 1 is 1.15 bits per heavy atom. The van der Waals surface area contributed by atoms with E-state index in [0.717, 1.165) is 18.4 Å². The van der Waals surface area contributed by atoms with Crippen molar-refractivity contribution in [1.29, 1.82) is 0 Å². The van der Waals surface area contributed by atoms with Crippen molar-refractivity contribution in [3.8, 4) is 0 Å². The van der Waals surface area contributed by atoms with Crippen molar-refractivity contribution >= 4 is 33.2 Å². The van der Waals surface area contributed by atoms with Gasteiger partial charge in [-0.3, -0.25) is 4.79 Å². The van der Waals surface area contributed by atoms with Crippen LogP contribution in [0.25, 0.3) is 0 Å². The number of benzene rings is 2. The van der Waals surface area contributed by atoms with Crippen molar-refractivity contribution in [3.05, 3.63) is 59.1 Å². The second-order valence-corrected chi connectivity index (χ2v) is 8.71. The van der Waals surface area contributed by atoms with Gasteiger partial charge >= 0.3 is 0 Å². The van der Waals surface area contributed by atoms with Crippen LogP contribution in [0.4, 0.5) is 5.69 Å². The van der Waals surface area contributed by atoms with E-state index in [1.54, 1.807) is 42.5 Å². The Kier molecular flexibility index (Phi) is 5.65. The normalized spacial score (nSPS) is 18.5. The maximum Gasteiger partial charge on any atom is 0.243 e. The highest BCUT2D eigenvalue weighted by atomic mass is 35.5. The van der Waals surface area contributed by atoms with Gasteiger partial charge in [-0.2, -0.15) is 4.31 Å². The van der Waals surface area contributed by atoms with Crippen LogP contribution in [-0.4, -0.2) is 31.2 Å². The van der Waals surface area contributed by atoms with Crippen LogP contribution in [0.5, 0.6) is 0 Å². The van der Waals surface area contributed by atoms with Gasteiger partial charge < -0.3 is 5.32 Å². The van der Waals surface area contributed by atoms with Gasteiger partial charge in [-0.15, -0.1) is 0 Å². The summed E-state index contributed by atoms with van der Waals surface area (Å²) in [5.74, 6) is -0.350. The molecule has 2 aromatic carbocycles. The highest BCUT2D eigenvalue weighted by Gasteiger charge is 2.37. The molecule has 1 heterocycles. The summed E-state index contributed by atoms with van der Waals surface area (Å²) >= 11 is 6.15. The molecule has 3 rings (SSSR count). The van der Waals surface area contributed by atoms with Gasteiger partial charge in [-0.05, 0) is 49.6 Å². The molecule has 0 radical (unpaired) electrons. The summed E-state index contributed by atoms with van der Waals surface area (Å²) < 4.78 is 27.3. The van der Waals surface area contributed by atoms with E-state index in [4.69, 9.17) is 11.6 Å². The minimum absolute atomic E-state index is 0.202. The van der Waals surface area contributed by atoms with Crippen molar-refractivity contribution in [2.75, 3.05) is 11.9 Å². The Balaban J connectivity index is 1.87. The van der Waals surface area contributed by atoms with Crippen molar-refractivity contribution in [1.82, 2.24) is 4.31 Å². The van der Waals surface area contributed by atoms with Gasteiger partial charge in [-0.1, -0.05) is 42.3 Å². The van der Waals surface area contributed by atoms with Crippen LogP contribution < -0.4 is 5.32 Å². The molecule has 5 nitrogen and oxygen atoms in total. The maximum atomic E-state index is 13.0. The van der Waals surface area contributed by atoms with E-state index in [-0.39, 0.29) is 10.8 Å². The van der Waals surface area contributed by atoms with Crippen LogP contribution in [0.1, 0.15) is 24.8 Å². The van der Waals surface area contributed by atoms with Crippen LogP contribution in [0.2, 0.25) is 5.02 Å². The number of anilines is 1. The summed E-state index contributed by atoms with van der Waals surface area (Å²) in [6.07, 6.45) is 2.03. The second-order valence-electron chi connectivity index (χ2n) is 6.41. The predicted octanol–water partition coefficient (Wildman–Crippen LogP) is 3.83. The summed E-state index contributed by atoms with van der Waals surface area (Å²) in [4.78, 5) is 13.0. The first-order chi connectivity index (χ1) is 12.4.